The van der Waals surface area contributed by atoms with E-state index >= 15 is 0 Å². The van der Waals surface area contributed by atoms with Crippen LogP contribution in [0.25, 0.3) is 6.08 Å². The van der Waals surface area contributed by atoms with Crippen LogP contribution in [0.5, 0.6) is 5.75 Å². The van der Waals surface area contributed by atoms with Gasteiger partial charge in [0, 0.05) is 23.0 Å². The highest BCUT2D eigenvalue weighted by Crippen LogP contribution is 2.62. The maximum absolute atomic E-state index is 14.7. The molecule has 0 saturated carbocycles. The van der Waals surface area contributed by atoms with Crippen LogP contribution in [-0.4, -0.2) is 35.5 Å². The van der Waals surface area contributed by atoms with Gasteiger partial charge in [-0.25, -0.2) is 4.39 Å². The third kappa shape index (κ3) is 3.64. The zero-order valence-corrected chi connectivity index (χ0v) is 24.0. The van der Waals surface area contributed by atoms with E-state index in [-0.39, 0.29) is 17.3 Å². The zero-order chi connectivity index (χ0) is 29.2. The maximum atomic E-state index is 14.7. The minimum atomic E-state index is -1.45. The summed E-state index contributed by atoms with van der Waals surface area (Å²) in [5.74, 6) is -2.14. The van der Waals surface area contributed by atoms with Crippen molar-refractivity contribution in [1.29, 1.82) is 0 Å². The predicted molar refractivity (Wildman–Crippen MR) is 160 cm³/mol. The smallest absolute Gasteiger partial charge is 0.238 e. The van der Waals surface area contributed by atoms with Gasteiger partial charge in [-0.2, -0.15) is 0 Å². The van der Waals surface area contributed by atoms with Gasteiger partial charge in [0.2, 0.25) is 5.91 Å². The Morgan fingerprint density at radius 3 is 2.40 bits per heavy atom. The summed E-state index contributed by atoms with van der Waals surface area (Å²) in [7, 11) is 1.54. The summed E-state index contributed by atoms with van der Waals surface area (Å²) in [6.45, 7) is 0. The van der Waals surface area contributed by atoms with Gasteiger partial charge in [-0.1, -0.05) is 42.5 Å². The van der Waals surface area contributed by atoms with Crippen LogP contribution >= 0.6 is 15.9 Å². The normalized spacial score (nSPS) is 23.3. The highest BCUT2D eigenvalue weighted by atomic mass is 79.9. The zero-order valence-electron chi connectivity index (χ0n) is 22.4. The summed E-state index contributed by atoms with van der Waals surface area (Å²) >= 11 is 3.48. The first-order valence-corrected chi connectivity index (χ1v) is 14.3. The van der Waals surface area contributed by atoms with Crippen molar-refractivity contribution < 1.29 is 23.5 Å². The van der Waals surface area contributed by atoms with E-state index in [9.17, 15) is 18.8 Å². The molecule has 6 nitrogen and oxygen atoms in total. The van der Waals surface area contributed by atoms with Crippen molar-refractivity contribution in [2.24, 2.45) is 5.92 Å². The Bertz CT molecular complexity index is 1820. The van der Waals surface area contributed by atoms with Gasteiger partial charge in [0.15, 0.2) is 11.6 Å². The number of nitrogens with zero attached hydrogens (tertiary/aromatic N) is 1. The lowest BCUT2D eigenvalue weighted by Gasteiger charge is -2.38. The topological polar surface area (TPSA) is 75.7 Å². The number of fused-ring (bicyclic) bond motifs is 6. The Hall–Kier alpha value is -4.56. The highest BCUT2D eigenvalue weighted by Gasteiger charge is 2.70. The van der Waals surface area contributed by atoms with Crippen LogP contribution in [0.1, 0.15) is 43.4 Å². The number of hydrogen-bond acceptors (Lipinski definition) is 5. The molecule has 7 rings (SSSR count). The van der Waals surface area contributed by atoms with Crippen LogP contribution in [0.4, 0.5) is 10.1 Å². The molecule has 208 valence electrons. The second kappa shape index (κ2) is 9.77. The number of rotatable bonds is 5. The number of para-hydroxylation sites is 1. The first-order chi connectivity index (χ1) is 20.4. The molecular formula is C34H24BrFN2O4. The van der Waals surface area contributed by atoms with Gasteiger partial charge in [-0.05, 0) is 87.2 Å². The van der Waals surface area contributed by atoms with Gasteiger partial charge in [0.1, 0.15) is 23.0 Å². The molecule has 1 N–H and O–H groups in total. The summed E-state index contributed by atoms with van der Waals surface area (Å²) < 4.78 is 19.9. The monoisotopic (exact) mass is 622 g/mol. The van der Waals surface area contributed by atoms with E-state index < -0.39 is 35.0 Å². The molecule has 3 heterocycles. The fourth-order valence-electron chi connectivity index (χ4n) is 6.95. The number of amides is 1. The molecule has 0 unspecified atom stereocenters. The van der Waals surface area contributed by atoms with Crippen molar-refractivity contribution >= 4 is 45.2 Å². The third-order valence-corrected chi connectivity index (χ3v) is 9.31. The molecule has 42 heavy (non-hydrogen) atoms. The van der Waals surface area contributed by atoms with Gasteiger partial charge in [0.25, 0.3) is 0 Å². The van der Waals surface area contributed by atoms with Gasteiger partial charge >= 0.3 is 0 Å². The van der Waals surface area contributed by atoms with Crippen LogP contribution < -0.4 is 10.1 Å². The number of halogens is 2. The molecule has 8 heteroatoms. The highest BCUT2D eigenvalue weighted by molar-refractivity contribution is 9.10. The summed E-state index contributed by atoms with van der Waals surface area (Å²) in [4.78, 5) is 45.7. The van der Waals surface area contributed by atoms with E-state index in [1.54, 1.807) is 18.2 Å². The number of hydrogen-bond donors (Lipinski definition) is 1. The second-order valence-corrected chi connectivity index (χ2v) is 11.5. The first kappa shape index (κ1) is 26.3. The molecule has 4 atom stereocenters. The molecule has 4 aromatic carbocycles. The molecule has 1 fully saturated rings. The summed E-state index contributed by atoms with van der Waals surface area (Å²) in [6, 6.07) is 23.6. The predicted octanol–water partition coefficient (Wildman–Crippen LogP) is 6.58. The lowest BCUT2D eigenvalue weighted by molar-refractivity contribution is -0.122. The minimum Gasteiger partial charge on any atom is -0.496 e. The maximum Gasteiger partial charge on any atom is 0.238 e. The largest absolute Gasteiger partial charge is 0.496 e. The number of carbonyl (C=O) groups excluding carboxylic acids is 3. The molecule has 3 aliphatic rings. The van der Waals surface area contributed by atoms with Crippen molar-refractivity contribution in [3.8, 4) is 5.75 Å². The number of anilines is 1. The average Bonchev–Trinajstić information content (AvgIpc) is 3.49. The minimum absolute atomic E-state index is 0.226. The number of ketones is 2. The average molecular weight is 623 g/mol. The molecule has 1 saturated heterocycles. The molecule has 0 radical (unpaired) electrons. The van der Waals surface area contributed by atoms with E-state index in [0.717, 1.165) is 11.1 Å². The van der Waals surface area contributed by atoms with Crippen molar-refractivity contribution in [3.63, 3.8) is 0 Å². The van der Waals surface area contributed by atoms with Crippen molar-refractivity contribution in [1.82, 2.24) is 4.90 Å². The van der Waals surface area contributed by atoms with Crippen LogP contribution in [0.15, 0.2) is 102 Å². The van der Waals surface area contributed by atoms with E-state index in [4.69, 9.17) is 4.74 Å². The van der Waals surface area contributed by atoms with Crippen LogP contribution in [-0.2, 0) is 10.2 Å². The Morgan fingerprint density at radius 1 is 0.929 bits per heavy atom. The third-order valence-electron chi connectivity index (χ3n) is 8.69. The van der Waals surface area contributed by atoms with Crippen molar-refractivity contribution in [2.45, 2.75) is 17.5 Å². The van der Waals surface area contributed by atoms with Crippen molar-refractivity contribution in [2.75, 3.05) is 12.4 Å². The van der Waals surface area contributed by atoms with Crippen LogP contribution in [0.2, 0.25) is 0 Å². The number of nitrogens with one attached hydrogen (secondary N) is 1. The molecule has 0 aromatic heterocycles. The molecule has 4 aromatic rings. The van der Waals surface area contributed by atoms with Gasteiger partial charge < -0.3 is 15.0 Å². The van der Waals surface area contributed by atoms with Gasteiger partial charge in [-0.3, -0.25) is 14.4 Å². The fraction of sp³-hybridized carbons (Fsp3) is 0.147. The van der Waals surface area contributed by atoms with E-state index in [0.29, 0.717) is 27.0 Å². The second-order valence-electron chi connectivity index (χ2n) is 10.7. The number of carbonyl (C=O) groups is 3. The quantitative estimate of drug-likeness (QED) is 0.255. The molecule has 1 amide bonds. The Kier molecular flexibility index (Phi) is 6.13. The van der Waals surface area contributed by atoms with E-state index in [1.807, 2.05) is 65.7 Å². The number of benzene rings is 4. The standard InChI is InChI=1S/C34H24BrFN2O4/c1-42-27-15-12-21(18-25(27)35)31(40)29-28(30(39)20-10-13-22(36)14-11-20)34(24-8-4-5-9-26(24)37-33(34)41)32-23-7-3-2-6-19(23)16-17-38(29)32/h2-18,28-29,32H,1H3,(H,37,41)/t28-,29-,32+,34-/m0/s1. The van der Waals surface area contributed by atoms with E-state index in [2.05, 4.69) is 21.2 Å². The number of ether oxygens (including phenoxy) is 1. The van der Waals surface area contributed by atoms with Crippen LogP contribution in [0.3, 0.4) is 0 Å². The summed E-state index contributed by atoms with van der Waals surface area (Å²) in [5.41, 5.74) is 2.14. The Labute approximate surface area is 249 Å². The van der Waals surface area contributed by atoms with Crippen molar-refractivity contribution in [3.05, 3.63) is 135 Å². The molecule has 3 aliphatic heterocycles. The molecule has 1 spiro atoms. The Balaban J connectivity index is 1.52. The summed E-state index contributed by atoms with van der Waals surface area (Å²) in [5, 5.41) is 3.03. The van der Waals surface area contributed by atoms with Gasteiger partial charge in [-0.15, -0.1) is 0 Å². The fourth-order valence-corrected chi connectivity index (χ4v) is 7.49. The number of methoxy groups -OCH3 is 1. The van der Waals surface area contributed by atoms with E-state index in [1.165, 1.54) is 31.4 Å². The Morgan fingerprint density at radius 2 is 1.64 bits per heavy atom. The molecule has 0 bridgehead atoms. The van der Waals surface area contributed by atoms with Crippen LogP contribution in [0, 0.1) is 11.7 Å². The first-order valence-electron chi connectivity index (χ1n) is 13.5. The number of Topliss-reactive ketones (excluding diaryl/α,β-unsaturated/α-hetero) is 2. The molecular weight excluding hydrogens is 599 g/mol. The lowest BCUT2D eigenvalue weighted by atomic mass is 9.62. The summed E-state index contributed by atoms with van der Waals surface area (Å²) in [6.07, 6.45) is 3.73. The molecule has 0 aliphatic carbocycles. The lowest BCUT2D eigenvalue weighted by Crippen LogP contribution is -2.49. The SMILES string of the molecule is COc1ccc(C(=O)[C@@H]2[C@@H](C(=O)c3ccc(F)cc3)[C@]3(C(=O)Nc4ccccc43)[C@H]3c4ccccc4C=CN23)cc1Br. The van der Waals surface area contributed by atoms with Gasteiger partial charge in [0.05, 0.1) is 23.5 Å².